The third-order valence-corrected chi connectivity index (χ3v) is 4.71. The Morgan fingerprint density at radius 2 is 1.93 bits per heavy atom. The average Bonchev–Trinajstić information content (AvgIpc) is 2.70. The number of aromatic nitrogens is 2. The van der Waals surface area contributed by atoms with Crippen LogP contribution in [-0.4, -0.2) is 20.7 Å². The molecule has 0 unspecified atom stereocenters. The van der Waals surface area contributed by atoms with E-state index < -0.39 is 23.1 Å². The number of rotatable bonds is 5. The number of benzene rings is 2. The van der Waals surface area contributed by atoms with E-state index in [0.29, 0.717) is 5.69 Å². The molecule has 0 radical (unpaired) electrons. The maximum atomic E-state index is 13.8. The molecule has 29 heavy (non-hydrogen) atoms. The van der Waals surface area contributed by atoms with Gasteiger partial charge in [-0.15, -0.1) is 0 Å². The van der Waals surface area contributed by atoms with Crippen LogP contribution in [0.1, 0.15) is 21.7 Å². The van der Waals surface area contributed by atoms with Crippen molar-refractivity contribution in [1.82, 2.24) is 15.0 Å². The number of halogens is 3. The summed E-state index contributed by atoms with van der Waals surface area (Å²) in [6.07, 6.45) is 0. The summed E-state index contributed by atoms with van der Waals surface area (Å²) in [5.41, 5.74) is 1.79. The predicted octanol–water partition coefficient (Wildman–Crippen LogP) is 3.28. The number of ether oxygens (including phenoxy) is 1. The first kappa shape index (κ1) is 20.6. The predicted molar refractivity (Wildman–Crippen MR) is 102 cm³/mol. The topological polar surface area (TPSA) is 93.5 Å². The van der Waals surface area contributed by atoms with Crippen molar-refractivity contribution in [3.63, 3.8) is 0 Å². The van der Waals surface area contributed by atoms with Crippen molar-refractivity contribution >= 4 is 21.8 Å². The minimum atomic E-state index is -0.766. The lowest BCUT2D eigenvalue weighted by Crippen LogP contribution is -2.24. The van der Waals surface area contributed by atoms with E-state index in [1.807, 2.05) is 0 Å². The number of nitrogens with one attached hydrogen (secondary N) is 1. The molecule has 0 fully saturated rings. The van der Waals surface area contributed by atoms with Crippen LogP contribution in [0, 0.1) is 18.6 Å². The zero-order valence-electron chi connectivity index (χ0n) is 14.9. The fourth-order valence-electron chi connectivity index (χ4n) is 2.59. The Hall–Kier alpha value is -3.11. The third-order valence-electron chi connectivity index (χ3n) is 4.03. The molecular formula is C19H14BrF2N3O4. The molecule has 1 aromatic heterocycles. The van der Waals surface area contributed by atoms with E-state index in [1.165, 1.54) is 40.4 Å². The monoisotopic (exact) mass is 465 g/mol. The van der Waals surface area contributed by atoms with Crippen LogP contribution in [0.2, 0.25) is 0 Å². The molecule has 2 aromatic carbocycles. The molecule has 3 aromatic rings. The molecule has 0 spiro atoms. The molecule has 0 atom stereocenters. The third kappa shape index (κ3) is 4.33. The second-order valence-corrected chi connectivity index (χ2v) is 6.72. The number of hydrogen-bond donors (Lipinski definition) is 2. The second-order valence-electron chi connectivity index (χ2n) is 5.93. The van der Waals surface area contributed by atoms with E-state index in [0.717, 1.165) is 12.1 Å². The van der Waals surface area contributed by atoms with Gasteiger partial charge in [0.15, 0.2) is 0 Å². The summed E-state index contributed by atoms with van der Waals surface area (Å²) in [4.78, 5) is 28.4. The van der Waals surface area contributed by atoms with Crippen molar-refractivity contribution in [2.45, 2.75) is 13.5 Å². The van der Waals surface area contributed by atoms with Crippen LogP contribution in [0.25, 0.3) is 5.69 Å². The van der Waals surface area contributed by atoms with Crippen LogP contribution in [0.15, 0.2) is 51.7 Å². The van der Waals surface area contributed by atoms with Crippen molar-refractivity contribution in [2.24, 2.45) is 0 Å². The first-order valence-corrected chi connectivity index (χ1v) is 9.02. The summed E-state index contributed by atoms with van der Waals surface area (Å²) < 4.78 is 33.5. The fourth-order valence-corrected chi connectivity index (χ4v) is 2.97. The van der Waals surface area contributed by atoms with Crippen molar-refractivity contribution < 1.29 is 23.5 Å². The maximum Gasteiger partial charge on any atom is 0.276 e. The highest BCUT2D eigenvalue weighted by atomic mass is 79.9. The number of hydroxylamine groups is 1. The Labute approximate surface area is 171 Å². The Morgan fingerprint density at radius 3 is 2.55 bits per heavy atom. The maximum absolute atomic E-state index is 13.8. The number of amides is 1. The summed E-state index contributed by atoms with van der Waals surface area (Å²) in [5.74, 6) is -1.91. The molecule has 1 amide bonds. The van der Waals surface area contributed by atoms with Gasteiger partial charge in [0.05, 0.1) is 5.69 Å². The van der Waals surface area contributed by atoms with Crippen LogP contribution in [0.3, 0.4) is 0 Å². The van der Waals surface area contributed by atoms with Gasteiger partial charge >= 0.3 is 0 Å². The van der Waals surface area contributed by atoms with Gasteiger partial charge in [0.25, 0.3) is 11.5 Å². The quantitative estimate of drug-likeness (QED) is 0.445. The molecule has 0 saturated heterocycles. The van der Waals surface area contributed by atoms with E-state index in [1.54, 1.807) is 6.92 Å². The lowest BCUT2D eigenvalue weighted by atomic mass is 10.2. The lowest BCUT2D eigenvalue weighted by molar-refractivity contribution is 0.0706. The molecule has 10 heteroatoms. The highest BCUT2D eigenvalue weighted by molar-refractivity contribution is 9.10. The van der Waals surface area contributed by atoms with Crippen molar-refractivity contribution in [3.05, 3.63) is 85.9 Å². The Morgan fingerprint density at radius 1 is 1.24 bits per heavy atom. The molecule has 0 aliphatic heterocycles. The zero-order chi connectivity index (χ0) is 21.1. The standard InChI is InChI=1S/C19H14BrF2N3O4/c1-10-23-18(29-9-12-2-5-13(21)8-15(12)22)16(20)19(27)25(10)14-6-3-11(4-7-14)17(26)24-28/h2-8,28H,9H2,1H3,(H,24,26). The molecule has 0 aliphatic rings. The van der Waals surface area contributed by atoms with Crippen LogP contribution >= 0.6 is 15.9 Å². The van der Waals surface area contributed by atoms with Gasteiger partial charge in [0.2, 0.25) is 5.88 Å². The largest absolute Gasteiger partial charge is 0.472 e. The number of carbonyl (C=O) groups is 1. The van der Waals surface area contributed by atoms with Crippen LogP contribution < -0.4 is 15.8 Å². The van der Waals surface area contributed by atoms with Gasteiger partial charge in [-0.25, -0.2) is 14.3 Å². The molecule has 150 valence electrons. The van der Waals surface area contributed by atoms with E-state index in [4.69, 9.17) is 9.94 Å². The summed E-state index contributed by atoms with van der Waals surface area (Å²) in [6, 6.07) is 8.99. The van der Waals surface area contributed by atoms with Gasteiger partial charge in [-0.1, -0.05) is 0 Å². The summed E-state index contributed by atoms with van der Waals surface area (Å²) in [7, 11) is 0. The SMILES string of the molecule is Cc1nc(OCc2ccc(F)cc2F)c(Br)c(=O)n1-c1ccc(C(=O)NO)cc1. The van der Waals surface area contributed by atoms with Crippen LogP contribution in [-0.2, 0) is 6.61 Å². The molecule has 7 nitrogen and oxygen atoms in total. The molecule has 3 rings (SSSR count). The lowest BCUT2D eigenvalue weighted by Gasteiger charge is -2.14. The molecule has 1 heterocycles. The van der Waals surface area contributed by atoms with Gasteiger partial charge in [-0.3, -0.25) is 19.4 Å². The van der Waals surface area contributed by atoms with Gasteiger partial charge in [0.1, 0.15) is 28.5 Å². The highest BCUT2D eigenvalue weighted by Crippen LogP contribution is 2.22. The summed E-state index contributed by atoms with van der Waals surface area (Å²) in [5, 5.41) is 8.67. The molecule has 0 saturated carbocycles. The first-order valence-electron chi connectivity index (χ1n) is 8.22. The number of aryl methyl sites for hydroxylation is 1. The Kier molecular flexibility index (Phi) is 6.04. The van der Waals surface area contributed by atoms with E-state index >= 15 is 0 Å². The summed E-state index contributed by atoms with van der Waals surface area (Å²) >= 11 is 3.14. The summed E-state index contributed by atoms with van der Waals surface area (Å²) in [6.45, 7) is 1.33. The smallest absolute Gasteiger partial charge is 0.276 e. The molecule has 0 bridgehead atoms. The first-order chi connectivity index (χ1) is 13.8. The molecule has 2 N–H and O–H groups in total. The van der Waals surface area contributed by atoms with Crippen molar-refractivity contribution in [1.29, 1.82) is 0 Å². The van der Waals surface area contributed by atoms with Crippen LogP contribution in [0.5, 0.6) is 5.88 Å². The van der Waals surface area contributed by atoms with E-state index in [9.17, 15) is 18.4 Å². The van der Waals surface area contributed by atoms with Crippen LogP contribution in [0.4, 0.5) is 8.78 Å². The minimum absolute atomic E-state index is 0.0165. The van der Waals surface area contributed by atoms with Gasteiger partial charge in [-0.2, -0.15) is 4.98 Å². The number of carbonyl (C=O) groups excluding carboxylic acids is 1. The van der Waals surface area contributed by atoms with E-state index in [-0.39, 0.29) is 33.9 Å². The molecule has 0 aliphatic carbocycles. The fraction of sp³-hybridized carbons (Fsp3) is 0.105. The second kappa shape index (κ2) is 8.50. The Bertz CT molecular complexity index is 1130. The van der Waals surface area contributed by atoms with Crippen molar-refractivity contribution in [2.75, 3.05) is 0 Å². The minimum Gasteiger partial charge on any atom is -0.472 e. The van der Waals surface area contributed by atoms with Gasteiger partial charge < -0.3 is 4.74 Å². The average molecular weight is 466 g/mol. The normalized spacial score (nSPS) is 10.7. The zero-order valence-corrected chi connectivity index (χ0v) is 16.5. The number of hydrogen-bond acceptors (Lipinski definition) is 5. The Balaban J connectivity index is 1.90. The van der Waals surface area contributed by atoms with Gasteiger partial charge in [-0.05, 0) is 59.3 Å². The van der Waals surface area contributed by atoms with E-state index in [2.05, 4.69) is 20.9 Å². The number of nitrogens with zero attached hydrogens (tertiary/aromatic N) is 2. The van der Waals surface area contributed by atoms with Gasteiger partial charge in [0, 0.05) is 17.2 Å². The highest BCUT2D eigenvalue weighted by Gasteiger charge is 2.16. The van der Waals surface area contributed by atoms with Crippen molar-refractivity contribution in [3.8, 4) is 11.6 Å². The molecular weight excluding hydrogens is 452 g/mol.